The molecule has 0 radical (unpaired) electrons. The Kier molecular flexibility index (Phi) is 4.94. The summed E-state index contributed by atoms with van der Waals surface area (Å²) < 4.78 is 25.9. The van der Waals surface area contributed by atoms with Gasteiger partial charge in [-0.05, 0) is 42.5 Å². The number of rotatable bonds is 3. The van der Waals surface area contributed by atoms with E-state index in [0.29, 0.717) is 36.6 Å². The number of sulfonamides is 1. The molecule has 3 aliphatic heterocycles. The molecule has 2 aromatic rings. The van der Waals surface area contributed by atoms with Gasteiger partial charge in [-0.1, -0.05) is 24.6 Å². The number of hydrazone groups is 1. The average molecular weight is 474 g/mol. The second-order valence-electron chi connectivity index (χ2n) is 8.51. The number of hydrogen-bond donors (Lipinski definition) is 1. The van der Waals surface area contributed by atoms with Crippen LogP contribution in [0.2, 0.25) is 5.02 Å². The second-order valence-corrected chi connectivity index (χ2v) is 10.9. The SMILES string of the molecule is CCC1=NNC(=O)C12CCN(c1c(Cl)cncc1-c1ccc3c(c1)CS(=O)(=O)N3C)CC2. The maximum Gasteiger partial charge on any atom is 0.252 e. The molecular weight excluding hydrogens is 450 g/mol. The monoisotopic (exact) mass is 473 g/mol. The molecule has 32 heavy (non-hydrogen) atoms. The van der Waals surface area contributed by atoms with Gasteiger partial charge in [-0.3, -0.25) is 14.1 Å². The van der Waals surface area contributed by atoms with Gasteiger partial charge in [0, 0.05) is 38.1 Å². The third-order valence-corrected chi connectivity index (χ3v) is 8.89. The molecule has 1 aromatic carbocycles. The Morgan fingerprint density at radius 2 is 1.97 bits per heavy atom. The summed E-state index contributed by atoms with van der Waals surface area (Å²) in [6.45, 7) is 3.34. The van der Waals surface area contributed by atoms with Crippen LogP contribution in [0.3, 0.4) is 0 Å². The van der Waals surface area contributed by atoms with Crippen LogP contribution in [0.1, 0.15) is 31.7 Å². The largest absolute Gasteiger partial charge is 0.370 e. The summed E-state index contributed by atoms with van der Waals surface area (Å²) in [7, 11) is -1.74. The van der Waals surface area contributed by atoms with Crippen molar-refractivity contribution in [3.63, 3.8) is 0 Å². The van der Waals surface area contributed by atoms with Crippen molar-refractivity contribution < 1.29 is 13.2 Å². The number of pyridine rings is 1. The fraction of sp³-hybridized carbons (Fsp3) is 0.409. The summed E-state index contributed by atoms with van der Waals surface area (Å²) in [5.74, 6) is -0.0322. The molecule has 1 fully saturated rings. The zero-order valence-electron chi connectivity index (χ0n) is 17.9. The van der Waals surface area contributed by atoms with E-state index >= 15 is 0 Å². The third-order valence-electron chi connectivity index (χ3n) is 6.91. The molecular formula is C22H24ClN5O3S. The van der Waals surface area contributed by atoms with Crippen molar-refractivity contribution in [2.75, 3.05) is 29.3 Å². The van der Waals surface area contributed by atoms with Crippen molar-refractivity contribution in [3.05, 3.63) is 41.2 Å². The number of nitrogens with one attached hydrogen (secondary N) is 1. The quantitative estimate of drug-likeness (QED) is 0.738. The standard InChI is InChI=1S/C22H24ClN5O3S/c1-3-19-22(21(29)26-25-19)6-8-28(9-7-22)20-16(11-24-12-17(20)23)14-4-5-18-15(10-14)13-32(30,31)27(18)2/h4-5,10-12H,3,6-9,13H2,1-2H3,(H,26,29). The van der Waals surface area contributed by atoms with Gasteiger partial charge in [-0.25, -0.2) is 13.8 Å². The van der Waals surface area contributed by atoms with Crippen LogP contribution in [0.4, 0.5) is 11.4 Å². The molecule has 0 unspecified atom stereocenters. The number of anilines is 2. The van der Waals surface area contributed by atoms with Crippen molar-refractivity contribution in [2.24, 2.45) is 10.5 Å². The predicted octanol–water partition coefficient (Wildman–Crippen LogP) is 3.16. The highest BCUT2D eigenvalue weighted by Gasteiger charge is 2.48. The topological polar surface area (TPSA) is 95.0 Å². The van der Waals surface area contributed by atoms with Crippen LogP contribution >= 0.6 is 11.6 Å². The van der Waals surface area contributed by atoms with Gasteiger partial charge in [-0.2, -0.15) is 5.10 Å². The molecule has 0 atom stereocenters. The Labute approximate surface area is 192 Å². The Hall–Kier alpha value is -2.65. The zero-order chi connectivity index (χ0) is 22.7. The van der Waals surface area contributed by atoms with Gasteiger partial charge in [0.25, 0.3) is 5.91 Å². The first kappa shape index (κ1) is 21.2. The number of hydrogen-bond acceptors (Lipinski definition) is 6. The van der Waals surface area contributed by atoms with E-state index in [1.807, 2.05) is 25.1 Å². The lowest BCUT2D eigenvalue weighted by atomic mass is 9.73. The number of halogens is 1. The van der Waals surface area contributed by atoms with Crippen LogP contribution < -0.4 is 14.6 Å². The predicted molar refractivity (Wildman–Crippen MR) is 125 cm³/mol. The van der Waals surface area contributed by atoms with E-state index in [1.54, 1.807) is 19.4 Å². The summed E-state index contributed by atoms with van der Waals surface area (Å²) in [6, 6.07) is 5.65. The number of amides is 1. The lowest BCUT2D eigenvalue weighted by Gasteiger charge is -2.40. The van der Waals surface area contributed by atoms with Crippen LogP contribution in [0.25, 0.3) is 11.1 Å². The lowest BCUT2D eigenvalue weighted by molar-refractivity contribution is -0.127. The molecule has 0 aliphatic carbocycles. The van der Waals surface area contributed by atoms with Crippen LogP contribution in [-0.2, 0) is 20.6 Å². The van der Waals surface area contributed by atoms with Crippen LogP contribution in [0.5, 0.6) is 0 Å². The molecule has 1 N–H and O–H groups in total. The van der Waals surface area contributed by atoms with E-state index in [9.17, 15) is 13.2 Å². The van der Waals surface area contributed by atoms with Crippen molar-refractivity contribution in [2.45, 2.75) is 31.9 Å². The van der Waals surface area contributed by atoms with Crippen LogP contribution in [0, 0.1) is 5.41 Å². The fourth-order valence-electron chi connectivity index (χ4n) is 5.09. The molecule has 4 heterocycles. The van der Waals surface area contributed by atoms with Crippen LogP contribution in [0.15, 0.2) is 35.7 Å². The number of nitrogens with zero attached hydrogens (tertiary/aromatic N) is 4. The molecule has 8 nitrogen and oxygen atoms in total. The van der Waals surface area contributed by atoms with Crippen molar-refractivity contribution in [3.8, 4) is 11.1 Å². The van der Waals surface area contributed by atoms with E-state index in [2.05, 4.69) is 20.4 Å². The van der Waals surface area contributed by atoms with Gasteiger partial charge in [-0.15, -0.1) is 0 Å². The van der Waals surface area contributed by atoms with Gasteiger partial charge in [0.1, 0.15) is 0 Å². The van der Waals surface area contributed by atoms with Crippen molar-refractivity contribution in [1.82, 2.24) is 10.4 Å². The highest BCUT2D eigenvalue weighted by molar-refractivity contribution is 7.92. The van der Waals surface area contributed by atoms with Gasteiger partial charge < -0.3 is 4.90 Å². The molecule has 0 saturated carbocycles. The minimum atomic E-state index is -3.32. The van der Waals surface area contributed by atoms with Crippen molar-refractivity contribution in [1.29, 1.82) is 0 Å². The van der Waals surface area contributed by atoms with Gasteiger partial charge in [0.2, 0.25) is 10.0 Å². The number of aromatic nitrogens is 1. The maximum absolute atomic E-state index is 12.6. The molecule has 10 heteroatoms. The summed E-state index contributed by atoms with van der Waals surface area (Å²) in [5, 5.41) is 4.78. The average Bonchev–Trinajstić information content (AvgIpc) is 3.20. The molecule has 1 aromatic heterocycles. The summed E-state index contributed by atoms with van der Waals surface area (Å²) in [4.78, 5) is 19.1. The van der Waals surface area contributed by atoms with E-state index in [0.717, 1.165) is 34.5 Å². The molecule has 0 bridgehead atoms. The first-order valence-electron chi connectivity index (χ1n) is 10.6. The molecule has 168 valence electrons. The highest BCUT2D eigenvalue weighted by atomic mass is 35.5. The number of carbonyl (C=O) groups is 1. The van der Waals surface area contributed by atoms with Gasteiger partial charge in [0.05, 0.1) is 33.3 Å². The van der Waals surface area contributed by atoms with Gasteiger partial charge >= 0.3 is 0 Å². The lowest BCUT2D eigenvalue weighted by Crippen LogP contribution is -2.48. The van der Waals surface area contributed by atoms with Crippen LogP contribution in [-0.4, -0.2) is 45.2 Å². The summed E-state index contributed by atoms with van der Waals surface area (Å²) in [5.41, 5.74) is 7.09. The second kappa shape index (κ2) is 7.45. The molecule has 5 rings (SSSR count). The summed E-state index contributed by atoms with van der Waals surface area (Å²) in [6.07, 6.45) is 5.46. The highest BCUT2D eigenvalue weighted by Crippen LogP contribution is 2.44. The molecule has 1 saturated heterocycles. The fourth-order valence-corrected chi connectivity index (χ4v) is 6.66. The minimum Gasteiger partial charge on any atom is -0.370 e. The number of piperidine rings is 1. The van der Waals surface area contributed by atoms with Gasteiger partial charge in [0.15, 0.2) is 0 Å². The third kappa shape index (κ3) is 3.09. The van der Waals surface area contributed by atoms with E-state index in [-0.39, 0.29) is 11.7 Å². The Balaban J connectivity index is 1.49. The normalized spacial score (nSPS) is 21.0. The first-order valence-corrected chi connectivity index (χ1v) is 12.6. The number of fused-ring (bicyclic) bond motifs is 1. The molecule has 1 amide bonds. The molecule has 3 aliphatic rings. The first-order chi connectivity index (χ1) is 15.3. The Bertz CT molecular complexity index is 1250. The summed E-state index contributed by atoms with van der Waals surface area (Å²) >= 11 is 6.62. The van der Waals surface area contributed by atoms with E-state index in [4.69, 9.17) is 11.6 Å². The Morgan fingerprint density at radius 3 is 2.69 bits per heavy atom. The van der Waals surface area contributed by atoms with E-state index < -0.39 is 15.4 Å². The smallest absolute Gasteiger partial charge is 0.252 e. The van der Waals surface area contributed by atoms with Crippen molar-refractivity contribution >= 4 is 44.6 Å². The Morgan fingerprint density at radius 1 is 1.22 bits per heavy atom. The number of benzene rings is 1. The zero-order valence-corrected chi connectivity index (χ0v) is 19.5. The van der Waals surface area contributed by atoms with E-state index in [1.165, 1.54) is 4.31 Å². The minimum absolute atomic E-state index is 0.0148. The number of carbonyl (C=O) groups excluding carboxylic acids is 1. The molecule has 1 spiro atoms. The maximum atomic E-state index is 12.6.